The van der Waals surface area contributed by atoms with E-state index in [9.17, 15) is 4.79 Å². The van der Waals surface area contributed by atoms with Gasteiger partial charge in [0.05, 0.1) is 6.54 Å². The predicted octanol–water partition coefficient (Wildman–Crippen LogP) is 2.11. The van der Waals surface area contributed by atoms with Crippen LogP contribution >= 0.6 is 0 Å². The van der Waals surface area contributed by atoms with Gasteiger partial charge in [0.2, 0.25) is 5.91 Å². The van der Waals surface area contributed by atoms with Crippen molar-refractivity contribution in [2.45, 2.75) is 38.1 Å². The molecule has 1 aliphatic carbocycles. The number of hydrogen-bond acceptors (Lipinski definition) is 2. The maximum Gasteiger partial charge on any atom is 0.237 e. The van der Waals surface area contributed by atoms with Gasteiger partial charge in [-0.1, -0.05) is 31.4 Å². The SMILES string of the molecule is C=CCN(CC=C)C(=O)CNC1CCCCC1. The van der Waals surface area contributed by atoms with Gasteiger partial charge in [-0.25, -0.2) is 0 Å². The molecule has 0 aromatic rings. The molecule has 0 spiro atoms. The van der Waals surface area contributed by atoms with Crippen molar-refractivity contribution in [1.82, 2.24) is 10.2 Å². The molecule has 3 heteroatoms. The highest BCUT2D eigenvalue weighted by atomic mass is 16.2. The van der Waals surface area contributed by atoms with E-state index in [0.717, 1.165) is 0 Å². The first-order chi connectivity index (χ1) is 8.27. The van der Waals surface area contributed by atoms with Crippen LogP contribution in [0.3, 0.4) is 0 Å². The molecule has 0 radical (unpaired) electrons. The van der Waals surface area contributed by atoms with Gasteiger partial charge in [0.15, 0.2) is 0 Å². The van der Waals surface area contributed by atoms with E-state index in [1.807, 2.05) is 0 Å². The Hall–Kier alpha value is -1.09. The quantitative estimate of drug-likeness (QED) is 0.687. The van der Waals surface area contributed by atoms with Gasteiger partial charge < -0.3 is 10.2 Å². The van der Waals surface area contributed by atoms with Crippen LogP contribution in [0.15, 0.2) is 25.3 Å². The van der Waals surface area contributed by atoms with Crippen LogP contribution in [0.4, 0.5) is 0 Å². The number of carbonyl (C=O) groups excluding carboxylic acids is 1. The molecule has 0 aromatic heterocycles. The van der Waals surface area contributed by atoms with Gasteiger partial charge in [0, 0.05) is 19.1 Å². The van der Waals surface area contributed by atoms with Crippen LogP contribution in [0, 0.1) is 0 Å². The minimum atomic E-state index is 0.135. The van der Waals surface area contributed by atoms with Crippen LogP contribution in [-0.4, -0.2) is 36.5 Å². The fraction of sp³-hybridized carbons (Fsp3) is 0.643. The normalized spacial score (nSPS) is 16.5. The van der Waals surface area contributed by atoms with E-state index in [1.54, 1.807) is 17.1 Å². The lowest BCUT2D eigenvalue weighted by Crippen LogP contribution is -2.42. The second kappa shape index (κ2) is 8.07. The van der Waals surface area contributed by atoms with Crippen LogP contribution in [0.25, 0.3) is 0 Å². The molecule has 0 heterocycles. The summed E-state index contributed by atoms with van der Waals surface area (Å²) in [6, 6.07) is 0.530. The van der Waals surface area contributed by atoms with Crippen molar-refractivity contribution in [2.24, 2.45) is 0 Å². The van der Waals surface area contributed by atoms with Gasteiger partial charge in [0.25, 0.3) is 0 Å². The van der Waals surface area contributed by atoms with Crippen molar-refractivity contribution >= 4 is 5.91 Å². The highest BCUT2D eigenvalue weighted by molar-refractivity contribution is 5.78. The summed E-state index contributed by atoms with van der Waals surface area (Å²) in [6.45, 7) is 8.96. The van der Waals surface area contributed by atoms with Crippen molar-refractivity contribution in [3.8, 4) is 0 Å². The Morgan fingerprint density at radius 1 is 1.18 bits per heavy atom. The molecule has 1 saturated carbocycles. The number of carbonyl (C=O) groups is 1. The average Bonchev–Trinajstić information content (AvgIpc) is 2.37. The molecule has 1 fully saturated rings. The minimum Gasteiger partial charge on any atom is -0.334 e. The van der Waals surface area contributed by atoms with E-state index in [0.29, 0.717) is 25.7 Å². The molecule has 1 N–H and O–H groups in total. The molecule has 96 valence electrons. The van der Waals surface area contributed by atoms with Crippen molar-refractivity contribution in [3.05, 3.63) is 25.3 Å². The maximum atomic E-state index is 11.9. The summed E-state index contributed by atoms with van der Waals surface area (Å²) in [5.74, 6) is 0.135. The molecule has 0 bridgehead atoms. The highest BCUT2D eigenvalue weighted by Crippen LogP contribution is 2.17. The van der Waals surface area contributed by atoms with E-state index in [-0.39, 0.29) is 5.91 Å². The first kappa shape index (κ1) is 14.0. The Balaban J connectivity index is 2.29. The standard InChI is InChI=1S/C14H24N2O/c1-3-10-16(11-4-2)14(17)12-15-13-8-6-5-7-9-13/h3-4,13,15H,1-2,5-12H2. The molecule has 17 heavy (non-hydrogen) atoms. The smallest absolute Gasteiger partial charge is 0.237 e. The fourth-order valence-electron chi connectivity index (χ4n) is 2.24. The van der Waals surface area contributed by atoms with E-state index in [4.69, 9.17) is 0 Å². The number of rotatable bonds is 7. The zero-order valence-corrected chi connectivity index (χ0v) is 10.7. The number of hydrogen-bond donors (Lipinski definition) is 1. The third kappa shape index (κ3) is 5.18. The molecule has 1 rings (SSSR count). The first-order valence-electron chi connectivity index (χ1n) is 6.51. The molecule has 0 atom stereocenters. The molecule has 0 aliphatic heterocycles. The molecule has 0 unspecified atom stereocenters. The summed E-state index contributed by atoms with van der Waals surface area (Å²) in [7, 11) is 0. The maximum absolute atomic E-state index is 11.9. The molecular weight excluding hydrogens is 212 g/mol. The van der Waals surface area contributed by atoms with Gasteiger partial charge in [0.1, 0.15) is 0 Å². The summed E-state index contributed by atoms with van der Waals surface area (Å²) in [5.41, 5.74) is 0. The summed E-state index contributed by atoms with van der Waals surface area (Å²) in [5, 5.41) is 3.36. The molecule has 1 amide bonds. The summed E-state index contributed by atoms with van der Waals surface area (Å²) in [4.78, 5) is 13.7. The lowest BCUT2D eigenvalue weighted by molar-refractivity contribution is -0.129. The van der Waals surface area contributed by atoms with E-state index < -0.39 is 0 Å². The number of amides is 1. The van der Waals surface area contributed by atoms with E-state index in [1.165, 1.54) is 32.1 Å². The Kier molecular flexibility index (Phi) is 6.63. The van der Waals surface area contributed by atoms with Crippen molar-refractivity contribution in [1.29, 1.82) is 0 Å². The lowest BCUT2D eigenvalue weighted by atomic mass is 9.95. The minimum absolute atomic E-state index is 0.135. The highest BCUT2D eigenvalue weighted by Gasteiger charge is 2.16. The Morgan fingerprint density at radius 3 is 2.29 bits per heavy atom. The lowest BCUT2D eigenvalue weighted by Gasteiger charge is -2.25. The van der Waals surface area contributed by atoms with Crippen molar-refractivity contribution in [2.75, 3.05) is 19.6 Å². The van der Waals surface area contributed by atoms with E-state index >= 15 is 0 Å². The molecular formula is C14H24N2O. The Bertz CT molecular complexity index is 247. The van der Waals surface area contributed by atoms with Gasteiger partial charge >= 0.3 is 0 Å². The van der Waals surface area contributed by atoms with Crippen LogP contribution in [-0.2, 0) is 4.79 Å². The number of nitrogens with zero attached hydrogens (tertiary/aromatic N) is 1. The Morgan fingerprint density at radius 2 is 1.76 bits per heavy atom. The summed E-state index contributed by atoms with van der Waals surface area (Å²) in [6.07, 6.45) is 9.82. The van der Waals surface area contributed by atoms with Crippen molar-refractivity contribution in [3.63, 3.8) is 0 Å². The first-order valence-corrected chi connectivity index (χ1v) is 6.51. The largest absolute Gasteiger partial charge is 0.334 e. The van der Waals surface area contributed by atoms with Gasteiger partial charge in [-0.15, -0.1) is 13.2 Å². The molecule has 0 aromatic carbocycles. The predicted molar refractivity (Wildman–Crippen MR) is 71.8 cm³/mol. The molecule has 0 saturated heterocycles. The van der Waals surface area contributed by atoms with Crippen LogP contribution < -0.4 is 5.32 Å². The third-order valence-corrected chi connectivity index (χ3v) is 3.20. The zero-order chi connectivity index (χ0) is 12.5. The van der Waals surface area contributed by atoms with Crippen molar-refractivity contribution < 1.29 is 4.79 Å². The molecule has 1 aliphatic rings. The second-order valence-electron chi connectivity index (χ2n) is 4.59. The van der Waals surface area contributed by atoms with Gasteiger partial charge in [-0.3, -0.25) is 4.79 Å². The zero-order valence-electron chi connectivity index (χ0n) is 10.7. The van der Waals surface area contributed by atoms with E-state index in [2.05, 4.69) is 18.5 Å². The summed E-state index contributed by atoms with van der Waals surface area (Å²) < 4.78 is 0. The monoisotopic (exact) mass is 236 g/mol. The average molecular weight is 236 g/mol. The number of nitrogens with one attached hydrogen (secondary N) is 1. The van der Waals surface area contributed by atoms with Crippen LogP contribution in [0.2, 0.25) is 0 Å². The second-order valence-corrected chi connectivity index (χ2v) is 4.59. The van der Waals surface area contributed by atoms with Crippen LogP contribution in [0.1, 0.15) is 32.1 Å². The fourth-order valence-corrected chi connectivity index (χ4v) is 2.24. The summed E-state index contributed by atoms with van der Waals surface area (Å²) >= 11 is 0. The topological polar surface area (TPSA) is 32.3 Å². The third-order valence-electron chi connectivity index (χ3n) is 3.20. The van der Waals surface area contributed by atoms with Gasteiger partial charge in [-0.2, -0.15) is 0 Å². The molecule has 3 nitrogen and oxygen atoms in total. The van der Waals surface area contributed by atoms with Gasteiger partial charge in [-0.05, 0) is 12.8 Å². The van der Waals surface area contributed by atoms with Crippen LogP contribution in [0.5, 0.6) is 0 Å². The Labute approximate surface area is 105 Å².